The summed E-state index contributed by atoms with van der Waals surface area (Å²) in [4.78, 5) is 3.68. The fraction of sp³-hybridized carbons (Fsp3) is 0.286. The fourth-order valence-corrected chi connectivity index (χ4v) is 1.16. The van der Waals surface area contributed by atoms with Gasteiger partial charge in [-0.05, 0) is 22.6 Å². The highest BCUT2D eigenvalue weighted by atomic mass is 127. The highest BCUT2D eigenvalue weighted by molar-refractivity contribution is 14.1. The van der Waals surface area contributed by atoms with E-state index in [2.05, 4.69) is 9.72 Å². The summed E-state index contributed by atoms with van der Waals surface area (Å²) in [6.45, 7) is -0.425. The molecule has 0 unspecified atom stereocenters. The second-order valence-corrected chi connectivity index (χ2v) is 3.47. The Labute approximate surface area is 91.0 Å². The molecule has 0 aromatic carbocycles. The molecule has 0 aliphatic carbocycles. The monoisotopic (exact) mass is 319 g/mol. The van der Waals surface area contributed by atoms with Gasteiger partial charge in [-0.25, -0.2) is 0 Å². The average Bonchev–Trinajstić information content (AvgIpc) is 2.06. The highest BCUT2D eigenvalue weighted by Gasteiger charge is 2.32. The van der Waals surface area contributed by atoms with Crippen LogP contribution in [0.15, 0.2) is 12.3 Å². The largest absolute Gasteiger partial charge is 0.573 e. The molecule has 0 saturated carbocycles. The lowest BCUT2D eigenvalue weighted by atomic mass is 10.3. The van der Waals surface area contributed by atoms with Gasteiger partial charge in [0.1, 0.15) is 5.75 Å². The molecule has 0 atom stereocenters. The first-order valence-corrected chi connectivity index (χ1v) is 4.51. The Balaban J connectivity index is 2.95. The van der Waals surface area contributed by atoms with Crippen LogP contribution in [0.4, 0.5) is 13.2 Å². The van der Waals surface area contributed by atoms with Gasteiger partial charge in [-0.1, -0.05) is 0 Å². The molecule has 3 nitrogen and oxygen atoms in total. The zero-order valence-electron chi connectivity index (χ0n) is 6.68. The topological polar surface area (TPSA) is 42.4 Å². The summed E-state index contributed by atoms with van der Waals surface area (Å²) in [7, 11) is 0. The predicted octanol–water partition coefficient (Wildman–Crippen LogP) is 2.08. The number of aromatic nitrogens is 1. The predicted molar refractivity (Wildman–Crippen MR) is 49.6 cm³/mol. The van der Waals surface area contributed by atoms with Crippen molar-refractivity contribution in [3.05, 3.63) is 21.5 Å². The van der Waals surface area contributed by atoms with Crippen molar-refractivity contribution >= 4 is 22.6 Å². The molecule has 1 heterocycles. The van der Waals surface area contributed by atoms with Crippen molar-refractivity contribution in [3.63, 3.8) is 0 Å². The Morgan fingerprint density at radius 2 is 2.14 bits per heavy atom. The van der Waals surface area contributed by atoms with Crippen LogP contribution in [0.3, 0.4) is 0 Å². The van der Waals surface area contributed by atoms with Gasteiger partial charge in [-0.2, -0.15) is 0 Å². The number of hydrogen-bond donors (Lipinski definition) is 1. The lowest BCUT2D eigenvalue weighted by Gasteiger charge is -2.10. The maximum atomic E-state index is 11.8. The standard InChI is InChI=1S/C7H5F3INO2/c8-7(9,10)14-6-1-4(3-13)12-2-5(6)11/h1-2,13H,3H2. The molecule has 0 bridgehead atoms. The molecule has 0 saturated heterocycles. The molecule has 0 fully saturated rings. The molecule has 0 spiro atoms. The molecule has 1 rings (SSSR count). The number of ether oxygens (including phenoxy) is 1. The van der Waals surface area contributed by atoms with Crippen molar-refractivity contribution in [2.75, 3.05) is 0 Å². The Kier molecular flexibility index (Phi) is 3.53. The Bertz CT molecular complexity index is 329. The molecule has 1 N–H and O–H groups in total. The third-order valence-electron chi connectivity index (χ3n) is 1.26. The first-order valence-electron chi connectivity index (χ1n) is 3.43. The quantitative estimate of drug-likeness (QED) is 0.849. The summed E-state index contributed by atoms with van der Waals surface area (Å²) in [5, 5.41) is 8.65. The average molecular weight is 319 g/mol. The number of nitrogens with zero attached hydrogens (tertiary/aromatic N) is 1. The molecule has 78 valence electrons. The van der Waals surface area contributed by atoms with Gasteiger partial charge in [0, 0.05) is 12.3 Å². The zero-order chi connectivity index (χ0) is 10.8. The van der Waals surface area contributed by atoms with Crippen molar-refractivity contribution in [2.45, 2.75) is 13.0 Å². The third kappa shape index (κ3) is 3.29. The maximum absolute atomic E-state index is 11.8. The van der Waals surface area contributed by atoms with Crippen molar-refractivity contribution < 1.29 is 23.0 Å². The van der Waals surface area contributed by atoms with Gasteiger partial charge in [-0.15, -0.1) is 13.2 Å². The highest BCUT2D eigenvalue weighted by Crippen LogP contribution is 2.27. The summed E-state index contributed by atoms with van der Waals surface area (Å²) in [5.74, 6) is -0.350. The summed E-state index contributed by atoms with van der Waals surface area (Å²) < 4.78 is 39.5. The molecule has 0 aliphatic rings. The normalized spacial score (nSPS) is 11.5. The minimum atomic E-state index is -4.73. The number of alkyl halides is 3. The van der Waals surface area contributed by atoms with E-state index in [4.69, 9.17) is 5.11 Å². The first kappa shape index (κ1) is 11.5. The van der Waals surface area contributed by atoms with Crippen LogP contribution in [0.1, 0.15) is 5.69 Å². The molecule has 0 radical (unpaired) electrons. The van der Waals surface area contributed by atoms with Crippen LogP contribution in [0.5, 0.6) is 5.75 Å². The second kappa shape index (κ2) is 4.30. The number of pyridine rings is 1. The van der Waals surface area contributed by atoms with Gasteiger partial charge >= 0.3 is 6.36 Å². The molecule has 1 aromatic rings. The molecule has 0 aliphatic heterocycles. The zero-order valence-corrected chi connectivity index (χ0v) is 8.83. The SMILES string of the molecule is OCc1cc(OC(F)(F)F)c(I)cn1. The van der Waals surface area contributed by atoms with Crippen LogP contribution in [0.25, 0.3) is 0 Å². The molecular weight excluding hydrogens is 314 g/mol. The minimum Gasteiger partial charge on any atom is -0.405 e. The lowest BCUT2D eigenvalue weighted by molar-refractivity contribution is -0.275. The van der Waals surface area contributed by atoms with Crippen molar-refractivity contribution in [3.8, 4) is 5.75 Å². The van der Waals surface area contributed by atoms with Crippen molar-refractivity contribution in [1.82, 2.24) is 4.98 Å². The van der Waals surface area contributed by atoms with E-state index in [0.717, 1.165) is 6.07 Å². The maximum Gasteiger partial charge on any atom is 0.573 e. The van der Waals surface area contributed by atoms with Gasteiger partial charge in [0.25, 0.3) is 0 Å². The summed E-state index contributed by atoms with van der Waals surface area (Å²) in [6.07, 6.45) is -3.53. The van der Waals surface area contributed by atoms with Crippen molar-refractivity contribution in [2.24, 2.45) is 0 Å². The smallest absolute Gasteiger partial charge is 0.405 e. The van der Waals surface area contributed by atoms with Gasteiger partial charge in [0.15, 0.2) is 0 Å². The molecular formula is C7H5F3INO2. The molecule has 14 heavy (non-hydrogen) atoms. The van der Waals surface area contributed by atoms with Gasteiger partial charge in [0.2, 0.25) is 0 Å². The molecule has 1 aromatic heterocycles. The number of hydrogen-bond acceptors (Lipinski definition) is 3. The van der Waals surface area contributed by atoms with Gasteiger partial charge < -0.3 is 9.84 Å². The van der Waals surface area contributed by atoms with E-state index in [1.165, 1.54) is 6.20 Å². The summed E-state index contributed by atoms with van der Waals surface area (Å²) >= 11 is 1.66. The second-order valence-electron chi connectivity index (χ2n) is 2.31. The van der Waals surface area contributed by atoms with E-state index in [1.54, 1.807) is 22.6 Å². The summed E-state index contributed by atoms with van der Waals surface area (Å²) in [6, 6.07) is 1.05. The Morgan fingerprint density at radius 1 is 1.50 bits per heavy atom. The van der Waals surface area contributed by atoms with E-state index < -0.39 is 13.0 Å². The van der Waals surface area contributed by atoms with E-state index in [1.807, 2.05) is 0 Å². The van der Waals surface area contributed by atoms with Crippen LogP contribution in [-0.2, 0) is 6.61 Å². The Hall–Kier alpha value is -0.570. The van der Waals surface area contributed by atoms with Gasteiger partial charge in [0.05, 0.1) is 15.9 Å². The minimum absolute atomic E-state index is 0.129. The molecule has 7 heteroatoms. The van der Waals surface area contributed by atoms with Crippen LogP contribution >= 0.6 is 22.6 Å². The van der Waals surface area contributed by atoms with Crippen LogP contribution in [0, 0.1) is 3.57 Å². The van der Waals surface area contributed by atoms with Crippen LogP contribution in [0.2, 0.25) is 0 Å². The number of aliphatic hydroxyl groups excluding tert-OH is 1. The molecule has 0 amide bonds. The van der Waals surface area contributed by atoms with E-state index >= 15 is 0 Å². The number of rotatable bonds is 2. The van der Waals surface area contributed by atoms with E-state index in [-0.39, 0.29) is 15.0 Å². The lowest BCUT2D eigenvalue weighted by Crippen LogP contribution is -2.18. The van der Waals surface area contributed by atoms with Crippen LogP contribution < -0.4 is 4.74 Å². The van der Waals surface area contributed by atoms with Crippen molar-refractivity contribution in [1.29, 1.82) is 0 Å². The first-order chi connectivity index (χ1) is 6.42. The number of halogens is 4. The van der Waals surface area contributed by atoms with E-state index in [0.29, 0.717) is 0 Å². The Morgan fingerprint density at radius 3 is 2.64 bits per heavy atom. The number of aliphatic hydroxyl groups is 1. The summed E-state index contributed by atoms with van der Waals surface area (Å²) in [5.41, 5.74) is 0.129. The van der Waals surface area contributed by atoms with E-state index in [9.17, 15) is 13.2 Å². The third-order valence-corrected chi connectivity index (χ3v) is 2.07. The van der Waals surface area contributed by atoms with Crippen LogP contribution in [-0.4, -0.2) is 16.5 Å². The van der Waals surface area contributed by atoms with Gasteiger partial charge in [-0.3, -0.25) is 4.98 Å². The fourth-order valence-electron chi connectivity index (χ4n) is 0.750.